The summed E-state index contributed by atoms with van der Waals surface area (Å²) in [7, 11) is 0. The molecule has 7 nitrogen and oxygen atoms in total. The van der Waals surface area contributed by atoms with Crippen LogP contribution >= 0.6 is 0 Å². The van der Waals surface area contributed by atoms with E-state index in [2.05, 4.69) is 5.32 Å². The van der Waals surface area contributed by atoms with Gasteiger partial charge < -0.3 is 4.90 Å². The second-order valence-corrected chi connectivity index (χ2v) is 5.68. The van der Waals surface area contributed by atoms with E-state index in [1.807, 2.05) is 0 Å². The third kappa shape index (κ3) is 2.52. The van der Waals surface area contributed by atoms with Crippen LogP contribution in [0.2, 0.25) is 0 Å². The molecule has 2 rings (SSSR count). The molecule has 0 atom stereocenters. The monoisotopic (exact) mass is 281 g/mol. The summed E-state index contributed by atoms with van der Waals surface area (Å²) in [5.41, 5.74) is -1.27. The highest BCUT2D eigenvalue weighted by molar-refractivity contribution is 6.18. The minimum Gasteiger partial charge on any atom is -0.343 e. The Kier molecular flexibility index (Phi) is 3.78. The van der Waals surface area contributed by atoms with E-state index in [1.165, 1.54) is 13.8 Å². The van der Waals surface area contributed by atoms with Crippen LogP contribution in [0.15, 0.2) is 0 Å². The Morgan fingerprint density at radius 2 is 1.80 bits per heavy atom. The third-order valence-electron chi connectivity index (χ3n) is 3.82. The summed E-state index contributed by atoms with van der Waals surface area (Å²) < 4.78 is 0. The molecule has 0 bridgehead atoms. The zero-order valence-electron chi connectivity index (χ0n) is 11.8. The predicted molar refractivity (Wildman–Crippen MR) is 69.5 cm³/mol. The van der Waals surface area contributed by atoms with Gasteiger partial charge in [-0.1, -0.05) is 0 Å². The molecule has 2 saturated heterocycles. The number of carbonyl (C=O) groups is 4. The Balaban J connectivity index is 1.97. The lowest BCUT2D eigenvalue weighted by atomic mass is 9.89. The first-order chi connectivity index (χ1) is 9.34. The SMILES string of the molecule is CC1(C)C(=O)NC(=O)N(CCC(=O)N2CCCC2)C1=O. The van der Waals surface area contributed by atoms with Crippen molar-refractivity contribution in [2.24, 2.45) is 5.41 Å². The Labute approximate surface area is 117 Å². The van der Waals surface area contributed by atoms with E-state index >= 15 is 0 Å². The molecule has 20 heavy (non-hydrogen) atoms. The van der Waals surface area contributed by atoms with Crippen molar-refractivity contribution < 1.29 is 19.2 Å². The zero-order valence-corrected chi connectivity index (χ0v) is 11.8. The van der Waals surface area contributed by atoms with Crippen LogP contribution < -0.4 is 5.32 Å². The van der Waals surface area contributed by atoms with Crippen molar-refractivity contribution in [3.05, 3.63) is 0 Å². The van der Waals surface area contributed by atoms with E-state index in [0.717, 1.165) is 30.8 Å². The van der Waals surface area contributed by atoms with Gasteiger partial charge in [0.15, 0.2) is 0 Å². The standard InChI is InChI=1S/C13H19N3O4/c1-13(2)10(18)14-12(20)16(11(13)19)8-5-9(17)15-6-3-4-7-15/h3-8H2,1-2H3,(H,14,18,20). The van der Waals surface area contributed by atoms with Crippen LogP contribution in [0.3, 0.4) is 0 Å². The molecule has 0 aromatic rings. The second-order valence-electron chi connectivity index (χ2n) is 5.68. The Morgan fingerprint density at radius 1 is 1.20 bits per heavy atom. The molecule has 0 aromatic carbocycles. The number of imide groups is 2. The Morgan fingerprint density at radius 3 is 2.40 bits per heavy atom. The fraction of sp³-hybridized carbons (Fsp3) is 0.692. The van der Waals surface area contributed by atoms with E-state index < -0.39 is 23.3 Å². The van der Waals surface area contributed by atoms with Crippen LogP contribution in [0.4, 0.5) is 4.79 Å². The highest BCUT2D eigenvalue weighted by Gasteiger charge is 2.46. The number of amides is 5. The van der Waals surface area contributed by atoms with Gasteiger partial charge in [0.05, 0.1) is 0 Å². The summed E-state index contributed by atoms with van der Waals surface area (Å²) in [6.45, 7) is 4.42. The number of barbiturate groups is 1. The van der Waals surface area contributed by atoms with E-state index in [-0.39, 0.29) is 18.9 Å². The lowest BCUT2D eigenvalue weighted by molar-refractivity contribution is -0.149. The molecule has 7 heteroatoms. The van der Waals surface area contributed by atoms with Gasteiger partial charge in [0, 0.05) is 26.1 Å². The molecular formula is C13H19N3O4. The van der Waals surface area contributed by atoms with Crippen molar-refractivity contribution in [3.8, 4) is 0 Å². The van der Waals surface area contributed by atoms with Crippen molar-refractivity contribution in [3.63, 3.8) is 0 Å². The number of hydrogen-bond donors (Lipinski definition) is 1. The van der Waals surface area contributed by atoms with E-state index in [9.17, 15) is 19.2 Å². The molecule has 5 amide bonds. The van der Waals surface area contributed by atoms with Crippen LogP contribution in [0.5, 0.6) is 0 Å². The lowest BCUT2D eigenvalue weighted by Gasteiger charge is -2.34. The number of urea groups is 1. The summed E-state index contributed by atoms with van der Waals surface area (Å²) in [4.78, 5) is 50.0. The number of nitrogens with zero attached hydrogens (tertiary/aromatic N) is 2. The quantitative estimate of drug-likeness (QED) is 0.743. The number of nitrogens with one attached hydrogen (secondary N) is 1. The van der Waals surface area contributed by atoms with Crippen molar-refractivity contribution in [2.45, 2.75) is 33.1 Å². The average molecular weight is 281 g/mol. The minimum absolute atomic E-state index is 0.0106. The smallest absolute Gasteiger partial charge is 0.330 e. The van der Waals surface area contributed by atoms with Gasteiger partial charge >= 0.3 is 6.03 Å². The van der Waals surface area contributed by atoms with E-state index in [1.54, 1.807) is 4.90 Å². The predicted octanol–water partition coefficient (Wildman–Crippen LogP) is 0.103. The van der Waals surface area contributed by atoms with Crippen LogP contribution in [0.1, 0.15) is 33.1 Å². The normalized spacial score (nSPS) is 22.2. The fourth-order valence-corrected chi connectivity index (χ4v) is 2.38. The van der Waals surface area contributed by atoms with Crippen LogP contribution in [0, 0.1) is 5.41 Å². The molecule has 1 N–H and O–H groups in total. The summed E-state index contributed by atoms with van der Waals surface area (Å²) in [5.74, 6) is -1.21. The minimum atomic E-state index is -1.27. The summed E-state index contributed by atoms with van der Waals surface area (Å²) >= 11 is 0. The van der Waals surface area contributed by atoms with Crippen molar-refractivity contribution in [1.29, 1.82) is 0 Å². The molecule has 110 valence electrons. The molecule has 2 fully saturated rings. The first-order valence-electron chi connectivity index (χ1n) is 6.79. The molecule has 0 radical (unpaired) electrons. The molecule has 2 heterocycles. The molecule has 2 aliphatic rings. The summed E-state index contributed by atoms with van der Waals surface area (Å²) in [6, 6.07) is -0.742. The molecule has 0 unspecified atom stereocenters. The van der Waals surface area contributed by atoms with Gasteiger partial charge in [-0.15, -0.1) is 0 Å². The Hall–Kier alpha value is -1.92. The van der Waals surface area contributed by atoms with Gasteiger partial charge in [0.1, 0.15) is 5.41 Å². The largest absolute Gasteiger partial charge is 0.343 e. The van der Waals surface area contributed by atoms with Crippen LogP contribution in [0.25, 0.3) is 0 Å². The molecule has 0 aromatic heterocycles. The van der Waals surface area contributed by atoms with E-state index in [4.69, 9.17) is 0 Å². The maximum absolute atomic E-state index is 12.1. The molecular weight excluding hydrogens is 262 g/mol. The van der Waals surface area contributed by atoms with Crippen LogP contribution in [-0.4, -0.2) is 53.2 Å². The van der Waals surface area contributed by atoms with Crippen molar-refractivity contribution in [2.75, 3.05) is 19.6 Å². The van der Waals surface area contributed by atoms with Gasteiger partial charge in [-0.25, -0.2) is 4.79 Å². The zero-order chi connectivity index (χ0) is 14.9. The lowest BCUT2D eigenvalue weighted by Crippen LogP contribution is -2.62. The van der Waals surface area contributed by atoms with Crippen molar-refractivity contribution in [1.82, 2.24) is 15.1 Å². The average Bonchev–Trinajstić information content (AvgIpc) is 2.90. The van der Waals surface area contributed by atoms with Gasteiger partial charge in [0.2, 0.25) is 17.7 Å². The molecule has 0 saturated carbocycles. The number of carbonyl (C=O) groups excluding carboxylic acids is 4. The van der Waals surface area contributed by atoms with Gasteiger partial charge in [-0.2, -0.15) is 0 Å². The Bertz CT molecular complexity index is 466. The first-order valence-corrected chi connectivity index (χ1v) is 6.79. The first kappa shape index (κ1) is 14.5. The molecule has 0 spiro atoms. The maximum atomic E-state index is 12.1. The topological polar surface area (TPSA) is 86.8 Å². The maximum Gasteiger partial charge on any atom is 0.330 e. The van der Waals surface area contributed by atoms with Gasteiger partial charge in [-0.05, 0) is 26.7 Å². The fourth-order valence-electron chi connectivity index (χ4n) is 2.38. The molecule has 2 aliphatic heterocycles. The van der Waals surface area contributed by atoms with Gasteiger partial charge in [-0.3, -0.25) is 24.6 Å². The molecule has 0 aliphatic carbocycles. The third-order valence-corrected chi connectivity index (χ3v) is 3.82. The van der Waals surface area contributed by atoms with Gasteiger partial charge in [0.25, 0.3) is 0 Å². The second kappa shape index (κ2) is 5.22. The summed E-state index contributed by atoms with van der Waals surface area (Å²) in [5, 5.41) is 2.15. The number of hydrogen-bond acceptors (Lipinski definition) is 4. The number of likely N-dealkylation sites (tertiary alicyclic amines) is 1. The highest BCUT2D eigenvalue weighted by atomic mass is 16.2. The highest BCUT2D eigenvalue weighted by Crippen LogP contribution is 2.23. The number of rotatable bonds is 3. The van der Waals surface area contributed by atoms with E-state index in [0.29, 0.717) is 0 Å². The van der Waals surface area contributed by atoms with Crippen molar-refractivity contribution >= 4 is 23.8 Å². The van der Waals surface area contributed by atoms with Crippen LogP contribution in [-0.2, 0) is 14.4 Å². The summed E-state index contributed by atoms with van der Waals surface area (Å²) in [6.07, 6.45) is 2.09.